The first-order valence-electron chi connectivity index (χ1n) is 4.26. The fourth-order valence-corrected chi connectivity index (χ4v) is 1.41. The fourth-order valence-electron chi connectivity index (χ4n) is 1.41. The Labute approximate surface area is 71.7 Å². The molecule has 2 N–H and O–H groups in total. The van der Waals surface area contributed by atoms with Crippen molar-refractivity contribution >= 4 is 5.97 Å². The molecule has 0 saturated heterocycles. The topological polar surface area (TPSA) is 57.5 Å². The van der Waals surface area contributed by atoms with Crippen LogP contribution in [0.1, 0.15) is 32.1 Å². The van der Waals surface area contributed by atoms with Crippen molar-refractivity contribution in [3.63, 3.8) is 0 Å². The van der Waals surface area contributed by atoms with Crippen molar-refractivity contribution in [3.05, 3.63) is 12.2 Å². The zero-order valence-corrected chi connectivity index (χ0v) is 6.99. The zero-order chi connectivity index (χ0) is 9.03. The highest BCUT2D eigenvalue weighted by molar-refractivity contribution is 5.77. The summed E-state index contributed by atoms with van der Waals surface area (Å²) in [7, 11) is 0. The summed E-state index contributed by atoms with van der Waals surface area (Å²) >= 11 is 0. The van der Waals surface area contributed by atoms with Gasteiger partial charge in [-0.3, -0.25) is 0 Å². The number of allylic oxidation sites excluding steroid dienone is 2. The summed E-state index contributed by atoms with van der Waals surface area (Å²) in [5.41, 5.74) is -1.48. The number of hydrogen-bond donors (Lipinski definition) is 2. The molecule has 0 aliphatic heterocycles. The van der Waals surface area contributed by atoms with Gasteiger partial charge in [-0.2, -0.15) is 0 Å². The Balaban J connectivity index is 2.63. The van der Waals surface area contributed by atoms with Crippen LogP contribution in [0.5, 0.6) is 0 Å². The summed E-state index contributed by atoms with van der Waals surface area (Å²) in [5.74, 6) is -1.09. The molecule has 1 rings (SSSR count). The highest BCUT2D eigenvalue weighted by Crippen LogP contribution is 2.23. The number of rotatable bonds is 1. The summed E-state index contributed by atoms with van der Waals surface area (Å²) < 4.78 is 0. The molecule has 68 valence electrons. The molecule has 0 fully saturated rings. The van der Waals surface area contributed by atoms with E-state index in [1.54, 1.807) is 0 Å². The molecular weight excluding hydrogens is 156 g/mol. The SMILES string of the molecule is O=C(O)[C@]1(O)CC/C=C\CCC1. The van der Waals surface area contributed by atoms with Crippen LogP contribution in [0.15, 0.2) is 12.2 Å². The molecule has 0 heterocycles. The van der Waals surface area contributed by atoms with Crippen LogP contribution < -0.4 is 0 Å². The fraction of sp³-hybridized carbons (Fsp3) is 0.667. The Morgan fingerprint density at radius 2 is 1.92 bits per heavy atom. The molecule has 0 aromatic rings. The summed E-state index contributed by atoms with van der Waals surface area (Å²) in [6.45, 7) is 0. The summed E-state index contributed by atoms with van der Waals surface area (Å²) in [5, 5.41) is 18.4. The van der Waals surface area contributed by atoms with Gasteiger partial charge in [0.15, 0.2) is 5.60 Å². The molecule has 0 unspecified atom stereocenters. The quantitative estimate of drug-likeness (QED) is 0.583. The monoisotopic (exact) mass is 170 g/mol. The number of hydrogen-bond acceptors (Lipinski definition) is 2. The summed E-state index contributed by atoms with van der Waals surface area (Å²) in [6.07, 6.45) is 6.96. The van der Waals surface area contributed by atoms with E-state index in [-0.39, 0.29) is 0 Å². The smallest absolute Gasteiger partial charge is 0.335 e. The normalized spacial score (nSPS) is 33.4. The lowest BCUT2D eigenvalue weighted by molar-refractivity contribution is -0.160. The lowest BCUT2D eigenvalue weighted by atomic mass is 9.90. The van der Waals surface area contributed by atoms with Crippen LogP contribution in [0.2, 0.25) is 0 Å². The van der Waals surface area contributed by atoms with Crippen LogP contribution in [-0.2, 0) is 4.79 Å². The van der Waals surface area contributed by atoms with Gasteiger partial charge in [-0.1, -0.05) is 12.2 Å². The minimum Gasteiger partial charge on any atom is -0.479 e. The highest BCUT2D eigenvalue weighted by atomic mass is 16.4. The summed E-state index contributed by atoms with van der Waals surface area (Å²) in [4.78, 5) is 10.7. The summed E-state index contributed by atoms with van der Waals surface area (Å²) in [6, 6.07) is 0. The number of carboxylic acids is 1. The molecule has 0 spiro atoms. The average molecular weight is 170 g/mol. The van der Waals surface area contributed by atoms with Crippen molar-refractivity contribution in [2.45, 2.75) is 37.7 Å². The lowest BCUT2D eigenvalue weighted by Crippen LogP contribution is -2.38. The van der Waals surface area contributed by atoms with E-state index in [9.17, 15) is 9.90 Å². The standard InChI is InChI=1S/C9H14O3/c10-8(11)9(12)6-4-2-1-3-5-7-9/h1-2,12H,3-7H2,(H,10,11)/b2-1-/t9-/m0/s1. The Bertz CT molecular complexity index is 198. The van der Waals surface area contributed by atoms with Crippen LogP contribution in [-0.4, -0.2) is 21.8 Å². The van der Waals surface area contributed by atoms with Crippen LogP contribution in [0.4, 0.5) is 0 Å². The average Bonchev–Trinajstić information content (AvgIpc) is 1.97. The Morgan fingerprint density at radius 1 is 1.25 bits per heavy atom. The molecule has 1 aliphatic carbocycles. The van der Waals surface area contributed by atoms with Gasteiger partial charge in [0.05, 0.1) is 0 Å². The Kier molecular flexibility index (Phi) is 2.87. The van der Waals surface area contributed by atoms with Crippen molar-refractivity contribution in [1.29, 1.82) is 0 Å². The van der Waals surface area contributed by atoms with Crippen molar-refractivity contribution in [1.82, 2.24) is 0 Å². The van der Waals surface area contributed by atoms with E-state index < -0.39 is 11.6 Å². The Hall–Kier alpha value is -0.830. The van der Waals surface area contributed by atoms with Gasteiger partial charge in [0.25, 0.3) is 0 Å². The molecule has 0 saturated carbocycles. The second kappa shape index (κ2) is 3.72. The predicted molar refractivity (Wildman–Crippen MR) is 44.8 cm³/mol. The maximum absolute atomic E-state index is 10.7. The first-order valence-corrected chi connectivity index (χ1v) is 4.26. The van der Waals surface area contributed by atoms with E-state index in [4.69, 9.17) is 5.11 Å². The number of carbonyl (C=O) groups is 1. The number of carboxylic acid groups (broad SMARTS) is 1. The zero-order valence-electron chi connectivity index (χ0n) is 6.99. The first kappa shape index (κ1) is 9.26. The molecule has 0 bridgehead atoms. The second-order valence-corrected chi connectivity index (χ2v) is 3.24. The van der Waals surface area contributed by atoms with Gasteiger partial charge in [-0.05, 0) is 32.1 Å². The first-order chi connectivity index (χ1) is 5.65. The predicted octanol–water partition coefficient (Wildman–Crippen LogP) is 1.32. The van der Waals surface area contributed by atoms with Crippen molar-refractivity contribution in [2.24, 2.45) is 0 Å². The molecule has 3 nitrogen and oxygen atoms in total. The number of aliphatic carboxylic acids is 1. The minimum atomic E-state index is -1.48. The van der Waals surface area contributed by atoms with Gasteiger partial charge in [0.1, 0.15) is 0 Å². The van der Waals surface area contributed by atoms with E-state index >= 15 is 0 Å². The lowest BCUT2D eigenvalue weighted by Gasteiger charge is -2.23. The van der Waals surface area contributed by atoms with Gasteiger partial charge in [-0.15, -0.1) is 0 Å². The maximum Gasteiger partial charge on any atom is 0.335 e. The van der Waals surface area contributed by atoms with Crippen LogP contribution in [0.3, 0.4) is 0 Å². The van der Waals surface area contributed by atoms with E-state index in [1.807, 2.05) is 12.2 Å². The largest absolute Gasteiger partial charge is 0.479 e. The van der Waals surface area contributed by atoms with Gasteiger partial charge >= 0.3 is 5.97 Å². The van der Waals surface area contributed by atoms with E-state index in [1.165, 1.54) is 0 Å². The molecule has 0 aromatic heterocycles. The molecule has 0 aromatic carbocycles. The van der Waals surface area contributed by atoms with Gasteiger partial charge < -0.3 is 10.2 Å². The third-order valence-corrected chi connectivity index (χ3v) is 2.25. The van der Waals surface area contributed by atoms with Crippen molar-refractivity contribution < 1.29 is 15.0 Å². The van der Waals surface area contributed by atoms with Gasteiger partial charge in [-0.25, -0.2) is 4.79 Å². The molecule has 12 heavy (non-hydrogen) atoms. The third kappa shape index (κ3) is 2.08. The van der Waals surface area contributed by atoms with Gasteiger partial charge in [0, 0.05) is 0 Å². The molecule has 0 amide bonds. The molecule has 0 radical (unpaired) electrons. The minimum absolute atomic E-state index is 0.332. The molecular formula is C9H14O3. The molecule has 1 aliphatic rings. The van der Waals surface area contributed by atoms with E-state index in [0.717, 1.165) is 12.8 Å². The van der Waals surface area contributed by atoms with Crippen LogP contribution in [0, 0.1) is 0 Å². The van der Waals surface area contributed by atoms with Crippen molar-refractivity contribution in [2.75, 3.05) is 0 Å². The van der Waals surface area contributed by atoms with Gasteiger partial charge in [0.2, 0.25) is 0 Å². The highest BCUT2D eigenvalue weighted by Gasteiger charge is 2.34. The molecule has 3 heteroatoms. The third-order valence-electron chi connectivity index (χ3n) is 2.25. The number of aliphatic hydroxyl groups is 1. The molecule has 1 atom stereocenters. The van der Waals surface area contributed by atoms with E-state index in [0.29, 0.717) is 19.3 Å². The van der Waals surface area contributed by atoms with E-state index in [2.05, 4.69) is 0 Å². The van der Waals surface area contributed by atoms with Crippen LogP contribution in [0.25, 0.3) is 0 Å². The second-order valence-electron chi connectivity index (χ2n) is 3.24. The Morgan fingerprint density at radius 3 is 2.58 bits per heavy atom. The van der Waals surface area contributed by atoms with Crippen LogP contribution >= 0.6 is 0 Å². The maximum atomic E-state index is 10.7. The van der Waals surface area contributed by atoms with Crippen molar-refractivity contribution in [3.8, 4) is 0 Å².